The molecule has 0 saturated heterocycles. The molecule has 1 rings (SSSR count). The standard InChI is InChI=1S/C13H26N2O2S/c1-13(2,3)17-12(16)15-10-4-6-11(7-5-10)18-9-8-14/h10-11H,4-9,14H2,1-3H3,(H,15,16). The second kappa shape index (κ2) is 7.24. The van der Waals surface area contributed by atoms with E-state index in [0.717, 1.165) is 38.0 Å². The van der Waals surface area contributed by atoms with Crippen molar-refractivity contribution in [3.63, 3.8) is 0 Å². The van der Waals surface area contributed by atoms with Crippen LogP contribution in [0.5, 0.6) is 0 Å². The second-order valence-corrected chi connectivity index (χ2v) is 7.19. The van der Waals surface area contributed by atoms with Gasteiger partial charge in [-0.3, -0.25) is 0 Å². The first kappa shape index (κ1) is 15.6. The molecule has 1 aliphatic carbocycles. The predicted octanol–water partition coefficient (Wildman–Crippen LogP) is 2.51. The average molecular weight is 274 g/mol. The molecule has 0 aromatic carbocycles. The number of nitrogens with two attached hydrogens (primary N) is 1. The molecular weight excluding hydrogens is 248 g/mol. The third kappa shape index (κ3) is 6.50. The third-order valence-electron chi connectivity index (χ3n) is 2.87. The fourth-order valence-corrected chi connectivity index (χ4v) is 3.16. The summed E-state index contributed by atoms with van der Waals surface area (Å²) in [5.74, 6) is 1.04. The third-order valence-corrected chi connectivity index (χ3v) is 4.28. The smallest absolute Gasteiger partial charge is 0.407 e. The topological polar surface area (TPSA) is 64.3 Å². The lowest BCUT2D eigenvalue weighted by Gasteiger charge is -2.29. The first-order valence-corrected chi connectivity index (χ1v) is 7.77. The van der Waals surface area contributed by atoms with Crippen LogP contribution in [0.3, 0.4) is 0 Å². The molecule has 3 N–H and O–H groups in total. The number of hydrogen-bond donors (Lipinski definition) is 2. The minimum atomic E-state index is -0.418. The van der Waals surface area contributed by atoms with Gasteiger partial charge in [0.15, 0.2) is 0 Å². The van der Waals surface area contributed by atoms with Gasteiger partial charge in [0.1, 0.15) is 5.60 Å². The number of carbonyl (C=O) groups is 1. The number of alkyl carbamates (subject to hydrolysis) is 1. The molecule has 18 heavy (non-hydrogen) atoms. The molecule has 0 heterocycles. The van der Waals surface area contributed by atoms with Crippen molar-refractivity contribution in [3.05, 3.63) is 0 Å². The number of carbonyl (C=O) groups excluding carboxylic acids is 1. The summed E-state index contributed by atoms with van der Waals surface area (Å²) < 4.78 is 5.26. The molecule has 0 aromatic heterocycles. The second-order valence-electron chi connectivity index (χ2n) is 5.78. The van der Waals surface area contributed by atoms with Crippen LogP contribution in [0.25, 0.3) is 0 Å². The molecule has 4 nitrogen and oxygen atoms in total. The normalized spacial score (nSPS) is 24.7. The van der Waals surface area contributed by atoms with Gasteiger partial charge in [-0.2, -0.15) is 11.8 Å². The highest BCUT2D eigenvalue weighted by molar-refractivity contribution is 7.99. The van der Waals surface area contributed by atoms with E-state index < -0.39 is 5.60 Å². The van der Waals surface area contributed by atoms with Crippen molar-refractivity contribution in [2.45, 2.75) is 63.3 Å². The summed E-state index contributed by atoms with van der Waals surface area (Å²) in [7, 11) is 0. The van der Waals surface area contributed by atoms with Crippen LogP contribution >= 0.6 is 11.8 Å². The Morgan fingerprint density at radius 3 is 2.44 bits per heavy atom. The number of rotatable bonds is 4. The van der Waals surface area contributed by atoms with Gasteiger partial charge in [-0.05, 0) is 46.5 Å². The highest BCUT2D eigenvalue weighted by Crippen LogP contribution is 2.28. The zero-order chi connectivity index (χ0) is 13.6. The van der Waals surface area contributed by atoms with Gasteiger partial charge in [0, 0.05) is 23.6 Å². The number of nitrogens with one attached hydrogen (secondary N) is 1. The first-order chi connectivity index (χ1) is 8.40. The van der Waals surface area contributed by atoms with Crippen LogP contribution in [0.15, 0.2) is 0 Å². The van der Waals surface area contributed by atoms with E-state index in [2.05, 4.69) is 5.32 Å². The zero-order valence-electron chi connectivity index (χ0n) is 11.7. The summed E-state index contributed by atoms with van der Waals surface area (Å²) >= 11 is 1.96. The quantitative estimate of drug-likeness (QED) is 0.827. The molecule has 0 bridgehead atoms. The lowest BCUT2D eigenvalue weighted by Crippen LogP contribution is -2.41. The Kier molecular flexibility index (Phi) is 6.29. The molecule has 0 unspecified atom stereocenters. The van der Waals surface area contributed by atoms with E-state index in [9.17, 15) is 4.79 Å². The molecule has 106 valence electrons. The van der Waals surface area contributed by atoms with Crippen molar-refractivity contribution in [3.8, 4) is 0 Å². The van der Waals surface area contributed by atoms with Crippen LogP contribution in [0, 0.1) is 0 Å². The Labute approximate surface area is 114 Å². The van der Waals surface area contributed by atoms with Gasteiger partial charge >= 0.3 is 6.09 Å². The van der Waals surface area contributed by atoms with Crippen molar-refractivity contribution in [1.82, 2.24) is 5.32 Å². The predicted molar refractivity (Wildman–Crippen MR) is 76.9 cm³/mol. The van der Waals surface area contributed by atoms with Crippen molar-refractivity contribution < 1.29 is 9.53 Å². The van der Waals surface area contributed by atoms with Gasteiger partial charge in [0.05, 0.1) is 0 Å². The number of hydrogen-bond acceptors (Lipinski definition) is 4. The van der Waals surface area contributed by atoms with Crippen molar-refractivity contribution >= 4 is 17.9 Å². The first-order valence-electron chi connectivity index (χ1n) is 6.72. The fraction of sp³-hybridized carbons (Fsp3) is 0.923. The molecule has 1 saturated carbocycles. The minimum absolute atomic E-state index is 0.273. The molecule has 1 amide bonds. The largest absolute Gasteiger partial charge is 0.444 e. The summed E-state index contributed by atoms with van der Waals surface area (Å²) in [5, 5.41) is 3.67. The Morgan fingerprint density at radius 1 is 1.33 bits per heavy atom. The Bertz CT molecular complexity index is 258. The molecule has 5 heteroatoms. The molecule has 1 aliphatic rings. The summed E-state index contributed by atoms with van der Waals surface area (Å²) in [6.45, 7) is 6.40. The molecule has 0 aromatic rings. The van der Waals surface area contributed by atoms with Crippen LogP contribution in [0.1, 0.15) is 46.5 Å². The van der Waals surface area contributed by atoms with E-state index in [4.69, 9.17) is 10.5 Å². The van der Waals surface area contributed by atoms with E-state index in [1.165, 1.54) is 0 Å². The maximum atomic E-state index is 11.6. The number of ether oxygens (including phenoxy) is 1. The highest BCUT2D eigenvalue weighted by atomic mass is 32.2. The molecule has 0 spiro atoms. The maximum absolute atomic E-state index is 11.6. The Balaban J connectivity index is 2.21. The van der Waals surface area contributed by atoms with Crippen LogP contribution in [0.4, 0.5) is 4.79 Å². The zero-order valence-corrected chi connectivity index (χ0v) is 12.5. The van der Waals surface area contributed by atoms with Crippen molar-refractivity contribution in [2.75, 3.05) is 12.3 Å². The van der Waals surface area contributed by atoms with Crippen LogP contribution < -0.4 is 11.1 Å². The van der Waals surface area contributed by atoms with Gasteiger partial charge in [-0.1, -0.05) is 0 Å². The van der Waals surface area contributed by atoms with Crippen LogP contribution in [-0.4, -0.2) is 35.3 Å². The molecular formula is C13H26N2O2S. The lowest BCUT2D eigenvalue weighted by molar-refractivity contribution is 0.0494. The van der Waals surface area contributed by atoms with Gasteiger partial charge in [0.25, 0.3) is 0 Å². The van der Waals surface area contributed by atoms with Crippen molar-refractivity contribution in [1.29, 1.82) is 0 Å². The van der Waals surface area contributed by atoms with E-state index >= 15 is 0 Å². The van der Waals surface area contributed by atoms with Crippen LogP contribution in [-0.2, 0) is 4.74 Å². The molecule has 0 atom stereocenters. The average Bonchev–Trinajstić information content (AvgIpc) is 2.25. The van der Waals surface area contributed by atoms with E-state index in [-0.39, 0.29) is 12.1 Å². The van der Waals surface area contributed by atoms with Crippen molar-refractivity contribution in [2.24, 2.45) is 5.73 Å². The van der Waals surface area contributed by atoms with Gasteiger partial charge in [0.2, 0.25) is 0 Å². The van der Waals surface area contributed by atoms with Gasteiger partial charge < -0.3 is 15.8 Å². The van der Waals surface area contributed by atoms with E-state index in [1.807, 2.05) is 32.5 Å². The van der Waals surface area contributed by atoms with Gasteiger partial charge in [-0.15, -0.1) is 0 Å². The maximum Gasteiger partial charge on any atom is 0.407 e. The van der Waals surface area contributed by atoms with Crippen LogP contribution in [0.2, 0.25) is 0 Å². The Hall–Kier alpha value is -0.420. The molecule has 0 radical (unpaired) electrons. The molecule has 0 aliphatic heterocycles. The number of thioether (sulfide) groups is 1. The minimum Gasteiger partial charge on any atom is -0.444 e. The summed E-state index contributed by atoms with van der Waals surface area (Å²) in [6.07, 6.45) is 4.11. The fourth-order valence-electron chi connectivity index (χ4n) is 2.08. The molecule has 1 fully saturated rings. The van der Waals surface area contributed by atoms with E-state index in [0.29, 0.717) is 5.25 Å². The SMILES string of the molecule is CC(C)(C)OC(=O)NC1CCC(SCCN)CC1. The van der Waals surface area contributed by atoms with E-state index in [1.54, 1.807) is 0 Å². The summed E-state index contributed by atoms with van der Waals surface area (Å²) in [4.78, 5) is 11.6. The summed E-state index contributed by atoms with van der Waals surface area (Å²) in [5.41, 5.74) is 5.08. The summed E-state index contributed by atoms with van der Waals surface area (Å²) in [6, 6.07) is 0.273. The van der Waals surface area contributed by atoms with Gasteiger partial charge in [-0.25, -0.2) is 4.79 Å². The highest BCUT2D eigenvalue weighted by Gasteiger charge is 2.24. The monoisotopic (exact) mass is 274 g/mol. The lowest BCUT2D eigenvalue weighted by atomic mass is 9.95. The Morgan fingerprint density at radius 2 is 1.94 bits per heavy atom. The number of amides is 1.